The van der Waals surface area contributed by atoms with E-state index < -0.39 is 5.97 Å². The molecule has 0 unspecified atom stereocenters. The molecule has 0 aliphatic heterocycles. The molecule has 2 aromatic carbocycles. The lowest BCUT2D eigenvalue weighted by atomic mass is 10.2. The highest BCUT2D eigenvalue weighted by Gasteiger charge is 2.17. The molecule has 2 rings (SSSR count). The molecule has 26 heavy (non-hydrogen) atoms. The van der Waals surface area contributed by atoms with Crippen LogP contribution in [0, 0.1) is 6.92 Å². The zero-order valence-electron chi connectivity index (χ0n) is 15.1. The number of rotatable bonds is 6. The van der Waals surface area contributed by atoms with E-state index in [1.165, 1.54) is 11.8 Å². The van der Waals surface area contributed by atoms with E-state index in [4.69, 9.17) is 4.74 Å². The van der Waals surface area contributed by atoms with E-state index in [1.807, 2.05) is 25.1 Å². The molecular weight excluding hydrogens is 332 g/mol. The summed E-state index contributed by atoms with van der Waals surface area (Å²) < 4.78 is 4.93. The predicted molar refractivity (Wildman–Crippen MR) is 100 cm³/mol. The molecular formula is C20H22N2O4. The van der Waals surface area contributed by atoms with Gasteiger partial charge in [-0.05, 0) is 55.8 Å². The number of benzene rings is 2. The third-order valence-electron chi connectivity index (χ3n) is 3.67. The maximum atomic E-state index is 12.3. The first kappa shape index (κ1) is 19.2. The molecule has 0 aliphatic carbocycles. The van der Waals surface area contributed by atoms with Crippen LogP contribution >= 0.6 is 0 Å². The number of aryl methyl sites for hydroxylation is 1. The Hall–Kier alpha value is -3.15. The summed E-state index contributed by atoms with van der Waals surface area (Å²) in [6.45, 7) is 5.22. The molecule has 0 aliphatic rings. The zero-order chi connectivity index (χ0) is 19.1. The second kappa shape index (κ2) is 8.80. The smallest absolute Gasteiger partial charge is 0.338 e. The van der Waals surface area contributed by atoms with Crippen molar-refractivity contribution >= 4 is 29.2 Å². The minimum absolute atomic E-state index is 0.123. The maximum absolute atomic E-state index is 12.3. The average Bonchev–Trinajstić information content (AvgIpc) is 2.60. The van der Waals surface area contributed by atoms with Gasteiger partial charge in [0.15, 0.2) is 0 Å². The molecule has 0 atom stereocenters. The number of amides is 2. The molecule has 0 bridgehead atoms. The van der Waals surface area contributed by atoms with Gasteiger partial charge in [0.25, 0.3) is 0 Å². The second-order valence-electron chi connectivity index (χ2n) is 5.79. The number of hydrogen-bond acceptors (Lipinski definition) is 4. The minimum atomic E-state index is -0.425. The van der Waals surface area contributed by atoms with E-state index in [-0.39, 0.29) is 18.4 Å². The number of carbonyl (C=O) groups is 3. The zero-order valence-corrected chi connectivity index (χ0v) is 15.1. The monoisotopic (exact) mass is 354 g/mol. The Morgan fingerprint density at radius 3 is 2.35 bits per heavy atom. The number of anilines is 2. The molecule has 0 spiro atoms. The van der Waals surface area contributed by atoms with E-state index in [1.54, 1.807) is 37.3 Å². The third kappa shape index (κ3) is 5.17. The van der Waals surface area contributed by atoms with Crippen molar-refractivity contribution in [3.63, 3.8) is 0 Å². The lowest BCUT2D eigenvalue weighted by Gasteiger charge is -2.21. The van der Waals surface area contributed by atoms with Gasteiger partial charge in [-0.15, -0.1) is 0 Å². The summed E-state index contributed by atoms with van der Waals surface area (Å²) in [7, 11) is 0. The van der Waals surface area contributed by atoms with Crippen LogP contribution in [0.4, 0.5) is 11.4 Å². The molecule has 2 aromatic rings. The Kier molecular flexibility index (Phi) is 6.49. The van der Waals surface area contributed by atoms with Crippen LogP contribution < -0.4 is 10.2 Å². The van der Waals surface area contributed by atoms with Crippen LogP contribution in [0.1, 0.15) is 29.8 Å². The largest absolute Gasteiger partial charge is 0.462 e. The topological polar surface area (TPSA) is 75.7 Å². The quantitative estimate of drug-likeness (QED) is 0.809. The van der Waals surface area contributed by atoms with Crippen LogP contribution in [0.2, 0.25) is 0 Å². The average molecular weight is 354 g/mol. The van der Waals surface area contributed by atoms with Gasteiger partial charge in [-0.2, -0.15) is 0 Å². The lowest BCUT2D eigenvalue weighted by Crippen LogP contribution is -2.36. The van der Waals surface area contributed by atoms with E-state index >= 15 is 0 Å². The van der Waals surface area contributed by atoms with Crippen molar-refractivity contribution in [2.75, 3.05) is 23.4 Å². The Morgan fingerprint density at radius 2 is 1.77 bits per heavy atom. The first-order chi connectivity index (χ1) is 12.4. The van der Waals surface area contributed by atoms with Gasteiger partial charge in [-0.1, -0.05) is 12.1 Å². The Balaban J connectivity index is 2.09. The van der Waals surface area contributed by atoms with Crippen molar-refractivity contribution in [3.8, 4) is 0 Å². The number of esters is 1. The van der Waals surface area contributed by atoms with Gasteiger partial charge in [0.05, 0.1) is 12.2 Å². The van der Waals surface area contributed by atoms with E-state index in [2.05, 4.69) is 5.32 Å². The van der Waals surface area contributed by atoms with Crippen molar-refractivity contribution in [3.05, 3.63) is 59.7 Å². The van der Waals surface area contributed by atoms with E-state index in [9.17, 15) is 14.4 Å². The normalized spacial score (nSPS) is 10.1. The summed E-state index contributed by atoms with van der Waals surface area (Å²) in [6.07, 6.45) is 0. The van der Waals surface area contributed by atoms with Gasteiger partial charge < -0.3 is 15.0 Å². The maximum Gasteiger partial charge on any atom is 0.338 e. The highest BCUT2D eigenvalue weighted by Crippen LogP contribution is 2.17. The molecule has 0 saturated heterocycles. The number of carbonyl (C=O) groups excluding carboxylic acids is 3. The number of hydrogen-bond donors (Lipinski definition) is 1. The molecule has 0 aromatic heterocycles. The van der Waals surface area contributed by atoms with Crippen molar-refractivity contribution < 1.29 is 19.1 Å². The molecule has 0 saturated carbocycles. The Labute approximate surface area is 152 Å². The standard InChI is InChI=1S/C20H22N2O4/c1-4-26-20(25)16-8-10-18(11-9-16)22(15(3)23)13-19(24)21-17-7-5-6-14(2)12-17/h5-12H,4,13H2,1-3H3,(H,21,24). The number of ether oxygens (including phenoxy) is 1. The molecule has 6 heteroatoms. The molecule has 0 heterocycles. The fourth-order valence-electron chi connectivity index (χ4n) is 2.44. The molecule has 6 nitrogen and oxygen atoms in total. The highest BCUT2D eigenvalue weighted by atomic mass is 16.5. The summed E-state index contributed by atoms with van der Waals surface area (Å²) in [5, 5.41) is 2.78. The van der Waals surface area contributed by atoms with Gasteiger partial charge in [0, 0.05) is 18.3 Å². The van der Waals surface area contributed by atoms with Gasteiger partial charge >= 0.3 is 5.97 Å². The third-order valence-corrected chi connectivity index (χ3v) is 3.67. The van der Waals surface area contributed by atoms with Gasteiger partial charge in [-0.3, -0.25) is 9.59 Å². The van der Waals surface area contributed by atoms with Gasteiger partial charge in [0.2, 0.25) is 11.8 Å². The van der Waals surface area contributed by atoms with Gasteiger partial charge in [-0.25, -0.2) is 4.79 Å². The minimum Gasteiger partial charge on any atom is -0.462 e. The van der Waals surface area contributed by atoms with Crippen molar-refractivity contribution in [2.24, 2.45) is 0 Å². The van der Waals surface area contributed by atoms with Crippen LogP contribution in [0.25, 0.3) is 0 Å². The predicted octanol–water partition coefficient (Wildman–Crippen LogP) is 3.16. The molecule has 0 fully saturated rings. The second-order valence-corrected chi connectivity index (χ2v) is 5.79. The van der Waals surface area contributed by atoms with Crippen LogP contribution in [-0.4, -0.2) is 30.9 Å². The lowest BCUT2D eigenvalue weighted by molar-refractivity contribution is -0.120. The van der Waals surface area contributed by atoms with Crippen LogP contribution in [-0.2, 0) is 14.3 Å². The Morgan fingerprint density at radius 1 is 1.08 bits per heavy atom. The van der Waals surface area contributed by atoms with E-state index in [0.29, 0.717) is 23.5 Å². The fourth-order valence-corrected chi connectivity index (χ4v) is 2.44. The van der Waals surface area contributed by atoms with Crippen LogP contribution in [0.3, 0.4) is 0 Å². The van der Waals surface area contributed by atoms with E-state index in [0.717, 1.165) is 5.56 Å². The van der Waals surface area contributed by atoms with Crippen LogP contribution in [0.5, 0.6) is 0 Å². The summed E-state index contributed by atoms with van der Waals surface area (Å²) in [5.41, 5.74) is 2.63. The van der Waals surface area contributed by atoms with Crippen LogP contribution in [0.15, 0.2) is 48.5 Å². The molecule has 0 radical (unpaired) electrons. The summed E-state index contributed by atoms with van der Waals surface area (Å²) in [5.74, 6) is -1.00. The molecule has 2 amide bonds. The first-order valence-electron chi connectivity index (χ1n) is 8.32. The van der Waals surface area contributed by atoms with Crippen molar-refractivity contribution in [1.82, 2.24) is 0 Å². The SMILES string of the molecule is CCOC(=O)c1ccc(N(CC(=O)Nc2cccc(C)c2)C(C)=O)cc1. The first-order valence-corrected chi connectivity index (χ1v) is 8.32. The van der Waals surface area contributed by atoms with Gasteiger partial charge in [0.1, 0.15) is 6.54 Å². The summed E-state index contributed by atoms with van der Waals surface area (Å²) in [4.78, 5) is 37.3. The van der Waals surface area contributed by atoms with Crippen molar-refractivity contribution in [1.29, 1.82) is 0 Å². The number of nitrogens with zero attached hydrogens (tertiary/aromatic N) is 1. The fraction of sp³-hybridized carbons (Fsp3) is 0.250. The number of nitrogens with one attached hydrogen (secondary N) is 1. The summed E-state index contributed by atoms with van der Waals surface area (Å²) in [6, 6.07) is 13.8. The van der Waals surface area contributed by atoms with Crippen molar-refractivity contribution in [2.45, 2.75) is 20.8 Å². The highest BCUT2D eigenvalue weighted by molar-refractivity contribution is 6.02. The molecule has 136 valence electrons. The Bertz CT molecular complexity index is 800. The summed E-state index contributed by atoms with van der Waals surface area (Å²) >= 11 is 0. The molecule has 1 N–H and O–H groups in total.